The minimum Gasteiger partial charge on any atom is -0.356 e. The normalized spacial score (nSPS) is 21.9. The predicted molar refractivity (Wildman–Crippen MR) is 138 cm³/mol. The zero-order valence-electron chi connectivity index (χ0n) is 19.1. The summed E-state index contributed by atoms with van der Waals surface area (Å²) in [6, 6.07) is 23.2. The van der Waals surface area contributed by atoms with Gasteiger partial charge in [-0.3, -0.25) is 9.59 Å². The standard InChI is InChI=1S/C28H23Cl2N3O2/c1-28-26-25(20-10-3-5-12-23(20)31-26)21(19-9-2-4-11-22(19)30)15-33(28)24(34)16-32(27(28)35)14-17-7-6-8-18(29)13-17/h2-13,21,31H,14-16H2,1H3. The molecule has 0 aliphatic carbocycles. The lowest BCUT2D eigenvalue weighted by molar-refractivity contribution is -0.166. The number of hydrogen-bond acceptors (Lipinski definition) is 2. The van der Waals surface area contributed by atoms with Crippen LogP contribution >= 0.6 is 23.2 Å². The van der Waals surface area contributed by atoms with Crippen molar-refractivity contribution in [1.82, 2.24) is 14.8 Å². The molecule has 0 spiro atoms. The van der Waals surface area contributed by atoms with E-state index in [9.17, 15) is 9.59 Å². The third kappa shape index (κ3) is 3.37. The third-order valence-electron chi connectivity index (χ3n) is 7.36. The molecule has 5 nitrogen and oxygen atoms in total. The van der Waals surface area contributed by atoms with Crippen LogP contribution in [0.3, 0.4) is 0 Å². The first-order valence-electron chi connectivity index (χ1n) is 11.6. The van der Waals surface area contributed by atoms with Gasteiger partial charge in [0.25, 0.3) is 5.91 Å². The maximum absolute atomic E-state index is 14.1. The van der Waals surface area contributed by atoms with Crippen LogP contribution in [0.25, 0.3) is 10.9 Å². The summed E-state index contributed by atoms with van der Waals surface area (Å²) in [6.45, 7) is 2.57. The second-order valence-corrected chi connectivity index (χ2v) is 10.2. The number of carbonyl (C=O) groups excluding carboxylic acids is 2. The van der Waals surface area contributed by atoms with Gasteiger partial charge < -0.3 is 14.8 Å². The Morgan fingerprint density at radius 1 is 1.00 bits per heavy atom. The van der Waals surface area contributed by atoms with Gasteiger partial charge in [-0.05, 0) is 47.9 Å². The Balaban J connectivity index is 1.52. The molecule has 2 aliphatic rings. The Morgan fingerprint density at radius 2 is 1.77 bits per heavy atom. The topological polar surface area (TPSA) is 56.4 Å². The number of hydrogen-bond donors (Lipinski definition) is 1. The third-order valence-corrected chi connectivity index (χ3v) is 7.94. The SMILES string of the molecule is CC12C(=O)N(Cc3cccc(Cl)c3)CC(=O)N1CC(c1ccccc1Cl)c1c2[nH]c2ccccc12. The van der Waals surface area contributed by atoms with Crippen LogP contribution in [0.5, 0.6) is 0 Å². The number of para-hydroxylation sites is 1. The Kier molecular flexibility index (Phi) is 5.17. The van der Waals surface area contributed by atoms with Crippen LogP contribution in [0.2, 0.25) is 10.0 Å². The van der Waals surface area contributed by atoms with Gasteiger partial charge in [-0.25, -0.2) is 0 Å². The number of benzene rings is 3. The molecule has 0 bridgehead atoms. The molecule has 35 heavy (non-hydrogen) atoms. The van der Waals surface area contributed by atoms with Crippen LogP contribution in [0.1, 0.15) is 35.2 Å². The Morgan fingerprint density at radius 3 is 2.57 bits per heavy atom. The Hall–Kier alpha value is -3.28. The van der Waals surface area contributed by atoms with Gasteiger partial charge in [-0.2, -0.15) is 0 Å². The zero-order chi connectivity index (χ0) is 24.3. The lowest BCUT2D eigenvalue weighted by Gasteiger charge is -2.51. The fourth-order valence-electron chi connectivity index (χ4n) is 5.70. The van der Waals surface area contributed by atoms with Crippen molar-refractivity contribution in [2.75, 3.05) is 13.1 Å². The number of aromatic nitrogens is 1. The summed E-state index contributed by atoms with van der Waals surface area (Å²) in [5.41, 5.74) is 3.40. The fourth-order valence-corrected chi connectivity index (χ4v) is 6.18. The maximum atomic E-state index is 14.1. The van der Waals surface area contributed by atoms with Crippen LogP contribution in [-0.2, 0) is 21.7 Å². The van der Waals surface area contributed by atoms with Crippen LogP contribution in [0.4, 0.5) is 0 Å². The number of halogens is 2. The van der Waals surface area contributed by atoms with Gasteiger partial charge in [0.2, 0.25) is 5.91 Å². The molecule has 176 valence electrons. The van der Waals surface area contributed by atoms with E-state index in [1.54, 1.807) is 15.9 Å². The van der Waals surface area contributed by atoms with E-state index < -0.39 is 5.54 Å². The van der Waals surface area contributed by atoms with E-state index in [0.717, 1.165) is 33.3 Å². The van der Waals surface area contributed by atoms with Crippen molar-refractivity contribution >= 4 is 45.9 Å². The van der Waals surface area contributed by atoms with E-state index in [-0.39, 0.29) is 24.3 Å². The molecule has 1 aromatic heterocycles. The van der Waals surface area contributed by atoms with Crippen molar-refractivity contribution in [2.45, 2.75) is 24.9 Å². The summed E-state index contributed by atoms with van der Waals surface area (Å²) in [7, 11) is 0. The van der Waals surface area contributed by atoms with E-state index in [2.05, 4.69) is 11.1 Å². The minimum atomic E-state index is -1.15. The first-order chi connectivity index (χ1) is 16.9. The van der Waals surface area contributed by atoms with Crippen molar-refractivity contribution in [3.63, 3.8) is 0 Å². The Bertz CT molecular complexity index is 1500. The molecule has 0 radical (unpaired) electrons. The lowest BCUT2D eigenvalue weighted by Crippen LogP contribution is -2.67. The van der Waals surface area contributed by atoms with Crippen LogP contribution in [0.15, 0.2) is 72.8 Å². The van der Waals surface area contributed by atoms with E-state index >= 15 is 0 Å². The molecule has 2 aliphatic heterocycles. The highest BCUT2D eigenvalue weighted by atomic mass is 35.5. The molecule has 2 amide bonds. The Labute approximate surface area is 213 Å². The number of carbonyl (C=O) groups is 2. The van der Waals surface area contributed by atoms with E-state index in [0.29, 0.717) is 23.1 Å². The second kappa shape index (κ2) is 8.14. The highest BCUT2D eigenvalue weighted by Crippen LogP contribution is 2.49. The van der Waals surface area contributed by atoms with Gasteiger partial charge in [0.1, 0.15) is 6.54 Å². The minimum absolute atomic E-state index is 0.0196. The van der Waals surface area contributed by atoms with E-state index in [1.165, 1.54) is 0 Å². The van der Waals surface area contributed by atoms with Crippen molar-refractivity contribution < 1.29 is 9.59 Å². The van der Waals surface area contributed by atoms with Crippen LogP contribution in [0, 0.1) is 0 Å². The maximum Gasteiger partial charge on any atom is 0.255 e. The molecule has 1 N–H and O–H groups in total. The number of piperazine rings is 1. The average molecular weight is 504 g/mol. The quantitative estimate of drug-likeness (QED) is 0.389. The molecule has 6 rings (SSSR count). The molecule has 3 aromatic carbocycles. The largest absolute Gasteiger partial charge is 0.356 e. The summed E-state index contributed by atoms with van der Waals surface area (Å²) < 4.78 is 0. The molecule has 1 saturated heterocycles. The number of aromatic amines is 1. The van der Waals surface area contributed by atoms with E-state index in [4.69, 9.17) is 23.2 Å². The summed E-state index contributed by atoms with van der Waals surface area (Å²) in [5, 5.41) is 2.29. The van der Waals surface area contributed by atoms with Gasteiger partial charge in [-0.1, -0.05) is 71.7 Å². The summed E-state index contributed by atoms with van der Waals surface area (Å²) in [4.78, 5) is 34.6. The predicted octanol–water partition coefficient (Wildman–Crippen LogP) is 5.71. The van der Waals surface area contributed by atoms with Gasteiger partial charge in [-0.15, -0.1) is 0 Å². The number of rotatable bonds is 3. The summed E-state index contributed by atoms with van der Waals surface area (Å²) in [5.74, 6) is -0.350. The first kappa shape index (κ1) is 22.2. The number of fused-ring (bicyclic) bond motifs is 5. The lowest BCUT2D eigenvalue weighted by atomic mass is 9.76. The van der Waals surface area contributed by atoms with E-state index in [1.807, 2.05) is 67.6 Å². The van der Waals surface area contributed by atoms with Gasteiger partial charge in [0, 0.05) is 40.0 Å². The average Bonchev–Trinajstić information content (AvgIpc) is 3.24. The molecule has 2 unspecified atom stereocenters. The molecule has 1 fully saturated rings. The van der Waals surface area contributed by atoms with Crippen LogP contribution < -0.4 is 0 Å². The molecule has 2 atom stereocenters. The summed E-state index contributed by atoms with van der Waals surface area (Å²) in [6.07, 6.45) is 0. The van der Waals surface area contributed by atoms with Crippen LogP contribution in [-0.4, -0.2) is 39.7 Å². The van der Waals surface area contributed by atoms with Gasteiger partial charge >= 0.3 is 0 Å². The summed E-state index contributed by atoms with van der Waals surface area (Å²) >= 11 is 12.8. The van der Waals surface area contributed by atoms with Gasteiger partial charge in [0.15, 0.2) is 5.54 Å². The van der Waals surface area contributed by atoms with Crippen molar-refractivity contribution in [2.24, 2.45) is 0 Å². The number of nitrogens with zero attached hydrogens (tertiary/aromatic N) is 2. The van der Waals surface area contributed by atoms with Gasteiger partial charge in [0.05, 0.1) is 5.69 Å². The number of amides is 2. The highest BCUT2D eigenvalue weighted by molar-refractivity contribution is 6.31. The zero-order valence-corrected chi connectivity index (χ0v) is 20.6. The fraction of sp³-hybridized carbons (Fsp3) is 0.214. The monoisotopic (exact) mass is 503 g/mol. The smallest absolute Gasteiger partial charge is 0.255 e. The molecule has 0 saturated carbocycles. The number of H-pyrrole nitrogens is 1. The molecular weight excluding hydrogens is 481 g/mol. The number of nitrogens with one attached hydrogen (secondary N) is 1. The van der Waals surface area contributed by atoms with Crippen molar-refractivity contribution in [1.29, 1.82) is 0 Å². The van der Waals surface area contributed by atoms with Crippen molar-refractivity contribution in [3.8, 4) is 0 Å². The highest BCUT2D eigenvalue weighted by Gasteiger charge is 2.56. The molecule has 4 aromatic rings. The molecule has 3 heterocycles. The van der Waals surface area contributed by atoms with Crippen molar-refractivity contribution in [3.05, 3.63) is 105 Å². The first-order valence-corrected chi connectivity index (χ1v) is 12.3. The second-order valence-electron chi connectivity index (χ2n) is 9.40. The molecule has 7 heteroatoms. The molecular formula is C28H23Cl2N3O2.